The number of nitrogen functional groups attached to an aromatic ring is 1. The lowest BCUT2D eigenvalue weighted by Gasteiger charge is -2.19. The third-order valence-electron chi connectivity index (χ3n) is 6.35. The van der Waals surface area contributed by atoms with Crippen molar-refractivity contribution >= 4 is 27.9 Å². The van der Waals surface area contributed by atoms with E-state index < -0.39 is 12.2 Å². The van der Waals surface area contributed by atoms with Gasteiger partial charge in [0.1, 0.15) is 23.9 Å². The van der Waals surface area contributed by atoms with E-state index in [-0.39, 0.29) is 12.0 Å². The van der Waals surface area contributed by atoms with E-state index in [0.29, 0.717) is 17.9 Å². The number of anilines is 1. The second-order valence-electron chi connectivity index (χ2n) is 7.90. The average molecular weight is 392 g/mol. The number of pyridine rings is 1. The van der Waals surface area contributed by atoms with Gasteiger partial charge in [-0.2, -0.15) is 0 Å². The maximum Gasteiger partial charge on any atom is 0.145 e. The molecule has 0 spiro atoms. The van der Waals surface area contributed by atoms with Crippen LogP contribution in [0, 0.1) is 5.92 Å². The first kappa shape index (κ1) is 18.1. The minimum atomic E-state index is -0.846. The summed E-state index contributed by atoms with van der Waals surface area (Å²) in [6.07, 6.45) is 5.76. The SMILES string of the molecule is Cn1c(CC[C@H]2C[C@@H](n3ccc4c(N)ncnc43)[C@H](O)[C@@H]2O)cc2ncccc21. The van der Waals surface area contributed by atoms with E-state index in [9.17, 15) is 10.2 Å². The second-order valence-corrected chi connectivity index (χ2v) is 7.90. The normalized spacial score (nSPS) is 24.7. The summed E-state index contributed by atoms with van der Waals surface area (Å²) in [5.41, 5.74) is 9.88. The number of aromatic nitrogens is 5. The highest BCUT2D eigenvalue weighted by Gasteiger charge is 2.42. The molecule has 1 aliphatic rings. The maximum atomic E-state index is 10.7. The Kier molecular flexibility index (Phi) is 4.25. The van der Waals surface area contributed by atoms with E-state index in [1.165, 1.54) is 12.0 Å². The fraction of sp³-hybridized carbons (Fsp3) is 0.381. The van der Waals surface area contributed by atoms with Gasteiger partial charge in [-0.3, -0.25) is 4.98 Å². The zero-order valence-corrected chi connectivity index (χ0v) is 16.2. The monoisotopic (exact) mass is 392 g/mol. The molecule has 4 heterocycles. The highest BCUT2D eigenvalue weighted by Crippen LogP contribution is 2.39. The summed E-state index contributed by atoms with van der Waals surface area (Å²) in [7, 11) is 2.04. The molecule has 0 radical (unpaired) electrons. The number of nitrogens with zero attached hydrogens (tertiary/aromatic N) is 5. The zero-order chi connectivity index (χ0) is 20.1. The van der Waals surface area contributed by atoms with E-state index in [0.717, 1.165) is 29.3 Å². The number of aliphatic hydroxyl groups is 2. The summed E-state index contributed by atoms with van der Waals surface area (Å²) >= 11 is 0. The Balaban J connectivity index is 1.36. The standard InChI is InChI=1S/C21H24N6O2/c1-26-13(10-15-16(26)3-2-7-23-15)5-4-12-9-17(19(29)18(12)28)27-8-6-14-20(22)24-11-25-21(14)27/h2-3,6-8,10-12,17-19,28-29H,4-5,9H2,1H3,(H2,22,24,25)/t12-,17+,18+,19-/m0/s1. The number of hydrogen-bond donors (Lipinski definition) is 3. The molecule has 1 aliphatic carbocycles. The summed E-state index contributed by atoms with van der Waals surface area (Å²) in [6.45, 7) is 0. The van der Waals surface area contributed by atoms with Gasteiger partial charge in [0.05, 0.1) is 28.6 Å². The first-order valence-electron chi connectivity index (χ1n) is 9.87. The van der Waals surface area contributed by atoms with Gasteiger partial charge in [0, 0.05) is 25.1 Å². The van der Waals surface area contributed by atoms with Gasteiger partial charge < -0.3 is 25.1 Å². The van der Waals surface area contributed by atoms with Crippen LogP contribution in [0.4, 0.5) is 5.82 Å². The number of aliphatic hydroxyl groups excluding tert-OH is 2. The van der Waals surface area contributed by atoms with Crippen LogP contribution in [0.2, 0.25) is 0 Å². The van der Waals surface area contributed by atoms with E-state index in [1.807, 2.05) is 29.9 Å². The van der Waals surface area contributed by atoms with Gasteiger partial charge in [0.2, 0.25) is 0 Å². The highest BCUT2D eigenvalue weighted by molar-refractivity contribution is 5.86. The molecule has 8 heteroatoms. The third-order valence-corrected chi connectivity index (χ3v) is 6.35. The summed E-state index contributed by atoms with van der Waals surface area (Å²) in [6, 6.07) is 7.71. The van der Waals surface area contributed by atoms with Crippen molar-refractivity contribution in [2.24, 2.45) is 13.0 Å². The fourth-order valence-corrected chi connectivity index (χ4v) is 4.71. The summed E-state index contributed by atoms with van der Waals surface area (Å²) in [4.78, 5) is 12.8. The molecule has 150 valence electrons. The van der Waals surface area contributed by atoms with Gasteiger partial charge in [-0.15, -0.1) is 0 Å². The molecular formula is C21H24N6O2. The number of aryl methyl sites for hydroxylation is 2. The Morgan fingerprint density at radius 3 is 2.86 bits per heavy atom. The van der Waals surface area contributed by atoms with Crippen LogP contribution in [0.5, 0.6) is 0 Å². The molecule has 5 rings (SSSR count). The first-order chi connectivity index (χ1) is 14.0. The van der Waals surface area contributed by atoms with Crippen molar-refractivity contribution in [3.05, 3.63) is 48.7 Å². The van der Waals surface area contributed by atoms with Crippen LogP contribution in [0.1, 0.15) is 24.6 Å². The smallest absolute Gasteiger partial charge is 0.145 e. The largest absolute Gasteiger partial charge is 0.390 e. The molecule has 0 aliphatic heterocycles. The number of rotatable bonds is 4. The topological polar surface area (TPSA) is 115 Å². The van der Waals surface area contributed by atoms with Crippen LogP contribution in [0.3, 0.4) is 0 Å². The quantitative estimate of drug-likeness (QED) is 0.488. The molecule has 4 aromatic heterocycles. The van der Waals surface area contributed by atoms with Crippen molar-refractivity contribution in [1.82, 2.24) is 24.1 Å². The zero-order valence-electron chi connectivity index (χ0n) is 16.2. The van der Waals surface area contributed by atoms with Crippen molar-refractivity contribution in [3.8, 4) is 0 Å². The molecule has 29 heavy (non-hydrogen) atoms. The van der Waals surface area contributed by atoms with Crippen molar-refractivity contribution in [3.63, 3.8) is 0 Å². The second kappa shape index (κ2) is 6.82. The van der Waals surface area contributed by atoms with Crippen LogP contribution in [-0.2, 0) is 13.5 Å². The molecular weight excluding hydrogens is 368 g/mol. The predicted octanol–water partition coefficient (Wildman–Crippen LogP) is 1.82. The molecule has 0 bridgehead atoms. The number of fused-ring (bicyclic) bond motifs is 2. The lowest BCUT2D eigenvalue weighted by atomic mass is 9.98. The minimum absolute atomic E-state index is 0.00222. The van der Waals surface area contributed by atoms with Crippen LogP contribution in [-0.4, -0.2) is 46.5 Å². The molecule has 0 amide bonds. The Morgan fingerprint density at radius 2 is 2.03 bits per heavy atom. The molecule has 4 N–H and O–H groups in total. The van der Waals surface area contributed by atoms with Crippen molar-refractivity contribution in [2.75, 3.05) is 5.73 Å². The van der Waals surface area contributed by atoms with E-state index >= 15 is 0 Å². The van der Waals surface area contributed by atoms with Gasteiger partial charge >= 0.3 is 0 Å². The first-order valence-corrected chi connectivity index (χ1v) is 9.87. The van der Waals surface area contributed by atoms with Gasteiger partial charge in [0.25, 0.3) is 0 Å². The number of hydrogen-bond acceptors (Lipinski definition) is 6. The van der Waals surface area contributed by atoms with Gasteiger partial charge in [-0.1, -0.05) is 0 Å². The summed E-state index contributed by atoms with van der Waals surface area (Å²) in [5, 5.41) is 22.2. The lowest BCUT2D eigenvalue weighted by molar-refractivity contribution is 0.00540. The predicted molar refractivity (Wildman–Crippen MR) is 110 cm³/mol. The molecule has 8 nitrogen and oxygen atoms in total. The molecule has 0 unspecified atom stereocenters. The van der Waals surface area contributed by atoms with Crippen LogP contribution in [0.25, 0.3) is 22.1 Å². The van der Waals surface area contributed by atoms with Gasteiger partial charge in [-0.05, 0) is 49.4 Å². The van der Waals surface area contributed by atoms with Crippen molar-refractivity contribution in [1.29, 1.82) is 0 Å². The minimum Gasteiger partial charge on any atom is -0.390 e. The molecule has 1 saturated carbocycles. The van der Waals surface area contributed by atoms with E-state index in [2.05, 4.69) is 31.7 Å². The third kappa shape index (κ3) is 2.87. The summed E-state index contributed by atoms with van der Waals surface area (Å²) in [5.74, 6) is 0.417. The van der Waals surface area contributed by atoms with Crippen molar-refractivity contribution in [2.45, 2.75) is 37.5 Å². The molecule has 1 fully saturated rings. The van der Waals surface area contributed by atoms with Crippen LogP contribution in [0.15, 0.2) is 43.0 Å². The Hall–Kier alpha value is -2.97. The van der Waals surface area contributed by atoms with Gasteiger partial charge in [-0.25, -0.2) is 9.97 Å². The van der Waals surface area contributed by atoms with Crippen LogP contribution >= 0.6 is 0 Å². The average Bonchev–Trinajstić information content (AvgIpc) is 3.37. The van der Waals surface area contributed by atoms with Crippen LogP contribution < -0.4 is 5.73 Å². The molecule has 4 atom stereocenters. The van der Waals surface area contributed by atoms with Gasteiger partial charge in [0.15, 0.2) is 0 Å². The Bertz CT molecular complexity index is 1180. The highest BCUT2D eigenvalue weighted by atomic mass is 16.3. The molecule has 0 aromatic carbocycles. The fourth-order valence-electron chi connectivity index (χ4n) is 4.71. The maximum absolute atomic E-state index is 10.7. The lowest BCUT2D eigenvalue weighted by Crippen LogP contribution is -2.29. The van der Waals surface area contributed by atoms with Crippen molar-refractivity contribution < 1.29 is 10.2 Å². The Labute approximate surface area is 167 Å². The summed E-state index contributed by atoms with van der Waals surface area (Å²) < 4.78 is 4.07. The molecule has 4 aromatic rings. The van der Waals surface area contributed by atoms with E-state index in [1.54, 1.807) is 6.20 Å². The van der Waals surface area contributed by atoms with E-state index in [4.69, 9.17) is 5.73 Å². The molecule has 0 saturated heterocycles. The number of nitrogens with two attached hydrogens (primary N) is 1. The Morgan fingerprint density at radius 1 is 1.17 bits per heavy atom.